The summed E-state index contributed by atoms with van der Waals surface area (Å²) in [6.07, 6.45) is 9.76. The number of nitrogens with zero attached hydrogens (tertiary/aromatic N) is 2. The fraction of sp³-hybridized carbons (Fsp3) is 0.556. The van der Waals surface area contributed by atoms with Gasteiger partial charge in [0, 0.05) is 12.0 Å². The Balaban J connectivity index is 2.69. The monoisotopic (exact) mass is 182 g/mol. The highest BCUT2D eigenvalue weighted by Crippen LogP contribution is 2.20. The van der Waals surface area contributed by atoms with Crippen LogP contribution < -0.4 is 0 Å². The summed E-state index contributed by atoms with van der Waals surface area (Å²) in [5.41, 5.74) is 1.18. The van der Waals surface area contributed by atoms with Gasteiger partial charge in [-0.15, -0.1) is 0 Å². The third-order valence-electron chi connectivity index (χ3n) is 1.94. The van der Waals surface area contributed by atoms with Crippen molar-refractivity contribution < 1.29 is 0 Å². The molecule has 0 N–H and O–H groups in total. The SMILES string of the molecule is C=N/N=C1\CCC=CCC1SC. The average Bonchev–Trinajstić information content (AvgIpc) is 2.30. The maximum Gasteiger partial charge on any atom is 0.0541 e. The summed E-state index contributed by atoms with van der Waals surface area (Å²) < 4.78 is 0. The van der Waals surface area contributed by atoms with E-state index < -0.39 is 0 Å². The summed E-state index contributed by atoms with van der Waals surface area (Å²) >= 11 is 1.84. The molecule has 66 valence electrons. The Morgan fingerprint density at radius 3 is 3.08 bits per heavy atom. The van der Waals surface area contributed by atoms with Crippen molar-refractivity contribution in [1.82, 2.24) is 0 Å². The number of hydrogen-bond donors (Lipinski definition) is 0. The Morgan fingerprint density at radius 2 is 2.42 bits per heavy atom. The van der Waals surface area contributed by atoms with E-state index in [2.05, 4.69) is 35.3 Å². The van der Waals surface area contributed by atoms with E-state index in [0.717, 1.165) is 19.3 Å². The highest BCUT2D eigenvalue weighted by molar-refractivity contribution is 7.99. The van der Waals surface area contributed by atoms with E-state index in [9.17, 15) is 0 Å². The topological polar surface area (TPSA) is 24.7 Å². The first-order valence-electron chi connectivity index (χ1n) is 4.08. The Hall–Kier alpha value is -0.570. The molecule has 0 saturated carbocycles. The zero-order valence-electron chi connectivity index (χ0n) is 7.36. The van der Waals surface area contributed by atoms with Crippen LogP contribution in [0.5, 0.6) is 0 Å². The molecule has 0 heterocycles. The molecule has 0 radical (unpaired) electrons. The number of rotatable bonds is 2. The zero-order valence-corrected chi connectivity index (χ0v) is 8.18. The van der Waals surface area contributed by atoms with Crippen LogP contribution >= 0.6 is 11.8 Å². The van der Waals surface area contributed by atoms with Crippen molar-refractivity contribution in [3.8, 4) is 0 Å². The summed E-state index contributed by atoms with van der Waals surface area (Å²) in [4.78, 5) is 0. The van der Waals surface area contributed by atoms with Crippen LogP contribution in [0.4, 0.5) is 0 Å². The Kier molecular flexibility index (Phi) is 4.08. The second kappa shape index (κ2) is 5.14. The fourth-order valence-electron chi connectivity index (χ4n) is 1.30. The molecule has 0 bridgehead atoms. The molecule has 1 aliphatic rings. The van der Waals surface area contributed by atoms with E-state index in [4.69, 9.17) is 0 Å². The molecule has 0 aliphatic heterocycles. The molecule has 12 heavy (non-hydrogen) atoms. The van der Waals surface area contributed by atoms with Gasteiger partial charge in [-0.05, 0) is 25.5 Å². The first kappa shape index (κ1) is 9.52. The molecule has 0 fully saturated rings. The van der Waals surface area contributed by atoms with E-state index in [1.165, 1.54) is 5.71 Å². The van der Waals surface area contributed by atoms with Crippen LogP contribution in [0.2, 0.25) is 0 Å². The maximum atomic E-state index is 4.07. The van der Waals surface area contributed by atoms with Crippen LogP contribution in [0.25, 0.3) is 0 Å². The second-order valence-electron chi connectivity index (χ2n) is 2.70. The van der Waals surface area contributed by atoms with Crippen molar-refractivity contribution in [2.75, 3.05) is 6.26 Å². The molecule has 0 saturated heterocycles. The molecule has 0 aromatic rings. The predicted octanol–water partition coefficient (Wildman–Crippen LogP) is 2.51. The van der Waals surface area contributed by atoms with Gasteiger partial charge < -0.3 is 0 Å². The van der Waals surface area contributed by atoms with Crippen LogP contribution in [0, 0.1) is 0 Å². The van der Waals surface area contributed by atoms with Gasteiger partial charge in [0.15, 0.2) is 0 Å². The largest absolute Gasteiger partial charge is 0.167 e. The minimum Gasteiger partial charge on any atom is -0.167 e. The second-order valence-corrected chi connectivity index (χ2v) is 3.74. The highest BCUT2D eigenvalue weighted by atomic mass is 32.2. The Bertz CT molecular complexity index is 209. The third kappa shape index (κ3) is 2.48. The van der Waals surface area contributed by atoms with Crippen molar-refractivity contribution in [3.63, 3.8) is 0 Å². The molecule has 0 aromatic heterocycles. The molecule has 2 nitrogen and oxygen atoms in total. The Labute approximate surface area is 77.8 Å². The molecule has 0 aromatic carbocycles. The first-order valence-corrected chi connectivity index (χ1v) is 5.37. The van der Waals surface area contributed by atoms with Gasteiger partial charge in [-0.1, -0.05) is 12.2 Å². The summed E-state index contributed by atoms with van der Waals surface area (Å²) in [6.45, 7) is 3.39. The minimum atomic E-state index is 0.509. The molecule has 1 atom stereocenters. The van der Waals surface area contributed by atoms with E-state index in [-0.39, 0.29) is 0 Å². The highest BCUT2D eigenvalue weighted by Gasteiger charge is 2.14. The van der Waals surface area contributed by atoms with Gasteiger partial charge in [-0.25, -0.2) is 0 Å². The molecule has 3 heteroatoms. The lowest BCUT2D eigenvalue weighted by Gasteiger charge is -2.11. The molecule has 0 amide bonds. The summed E-state index contributed by atoms with van der Waals surface area (Å²) in [5, 5.41) is 8.17. The summed E-state index contributed by atoms with van der Waals surface area (Å²) in [5.74, 6) is 0. The molecular weight excluding hydrogens is 168 g/mol. The van der Waals surface area contributed by atoms with Gasteiger partial charge in [-0.2, -0.15) is 22.0 Å². The Morgan fingerprint density at radius 1 is 1.58 bits per heavy atom. The van der Waals surface area contributed by atoms with Crippen LogP contribution in [-0.2, 0) is 0 Å². The number of hydrogen-bond acceptors (Lipinski definition) is 3. The van der Waals surface area contributed by atoms with Crippen molar-refractivity contribution in [3.05, 3.63) is 12.2 Å². The average molecular weight is 182 g/mol. The summed E-state index contributed by atoms with van der Waals surface area (Å²) in [6, 6.07) is 0. The van der Waals surface area contributed by atoms with E-state index in [1.807, 2.05) is 11.8 Å². The normalized spacial score (nSPS) is 27.1. The molecule has 1 aliphatic carbocycles. The third-order valence-corrected chi connectivity index (χ3v) is 2.97. The standard InChI is InChI=1S/C9H14N2S/c1-10-11-8-6-4-3-5-7-9(8)12-2/h3,5,9H,1,4,6-7H2,2H3/b11-8+. The smallest absolute Gasteiger partial charge is 0.0541 e. The van der Waals surface area contributed by atoms with Gasteiger partial charge in [0.25, 0.3) is 0 Å². The molecule has 1 rings (SSSR count). The predicted molar refractivity (Wildman–Crippen MR) is 57.3 cm³/mol. The van der Waals surface area contributed by atoms with Gasteiger partial charge >= 0.3 is 0 Å². The quantitative estimate of drug-likeness (QED) is 0.366. The van der Waals surface area contributed by atoms with Gasteiger partial charge in [0.2, 0.25) is 0 Å². The molecule has 1 unspecified atom stereocenters. The molecule has 0 spiro atoms. The van der Waals surface area contributed by atoms with Crippen molar-refractivity contribution >= 4 is 24.2 Å². The van der Waals surface area contributed by atoms with Crippen molar-refractivity contribution in [2.24, 2.45) is 10.2 Å². The lowest BCUT2D eigenvalue weighted by Crippen LogP contribution is -2.14. The fourth-order valence-corrected chi connectivity index (χ4v) is 2.04. The van der Waals surface area contributed by atoms with Gasteiger partial charge in [0.1, 0.15) is 0 Å². The van der Waals surface area contributed by atoms with Gasteiger partial charge in [-0.3, -0.25) is 0 Å². The van der Waals surface area contributed by atoms with Crippen molar-refractivity contribution in [2.45, 2.75) is 24.5 Å². The van der Waals surface area contributed by atoms with Crippen LogP contribution in [0.3, 0.4) is 0 Å². The zero-order chi connectivity index (χ0) is 8.81. The van der Waals surface area contributed by atoms with Crippen LogP contribution in [0.15, 0.2) is 22.4 Å². The maximum absolute atomic E-state index is 4.07. The summed E-state index contributed by atoms with van der Waals surface area (Å²) in [7, 11) is 0. The van der Waals surface area contributed by atoms with Crippen molar-refractivity contribution in [1.29, 1.82) is 0 Å². The van der Waals surface area contributed by atoms with E-state index >= 15 is 0 Å². The number of allylic oxidation sites excluding steroid dienone is 2. The first-order chi connectivity index (χ1) is 5.88. The van der Waals surface area contributed by atoms with Gasteiger partial charge in [0.05, 0.1) is 5.71 Å². The lowest BCUT2D eigenvalue weighted by atomic mass is 10.1. The lowest BCUT2D eigenvalue weighted by molar-refractivity contribution is 1.03. The van der Waals surface area contributed by atoms with E-state index in [1.54, 1.807) is 0 Å². The number of thioether (sulfide) groups is 1. The molecular formula is C9H14N2S. The minimum absolute atomic E-state index is 0.509. The van der Waals surface area contributed by atoms with E-state index in [0.29, 0.717) is 5.25 Å². The van der Waals surface area contributed by atoms with Crippen LogP contribution in [0.1, 0.15) is 19.3 Å². The van der Waals surface area contributed by atoms with Crippen LogP contribution in [-0.4, -0.2) is 23.9 Å².